The van der Waals surface area contributed by atoms with Gasteiger partial charge in [0.05, 0.1) is 6.10 Å². The molecule has 0 fully saturated rings. The van der Waals surface area contributed by atoms with E-state index in [9.17, 15) is 14.3 Å². The summed E-state index contributed by atoms with van der Waals surface area (Å²) in [5, 5.41) is 13.0. The SMILES string of the molecule is Cc1cc(F)ccc1C(O)CN(C)CCNC(=O)C(C)C. The first-order valence-electron chi connectivity index (χ1n) is 7.21. The second kappa shape index (κ2) is 8.10. The molecule has 0 saturated heterocycles. The number of nitrogens with one attached hydrogen (secondary N) is 1. The highest BCUT2D eigenvalue weighted by molar-refractivity contribution is 5.77. The number of carbonyl (C=O) groups is 1. The standard InChI is InChI=1S/C16H25FN2O2/c1-11(2)16(21)18-7-8-19(4)10-15(20)14-6-5-13(17)9-12(14)3/h5-6,9,11,15,20H,7-8,10H2,1-4H3,(H,18,21). The van der Waals surface area contributed by atoms with Gasteiger partial charge < -0.3 is 15.3 Å². The fraction of sp³-hybridized carbons (Fsp3) is 0.562. The van der Waals surface area contributed by atoms with Gasteiger partial charge in [-0.2, -0.15) is 0 Å². The van der Waals surface area contributed by atoms with Gasteiger partial charge in [-0.3, -0.25) is 4.79 Å². The van der Waals surface area contributed by atoms with Gasteiger partial charge in [0.2, 0.25) is 5.91 Å². The first-order chi connectivity index (χ1) is 9.81. The zero-order valence-electron chi connectivity index (χ0n) is 13.2. The average Bonchev–Trinajstić information content (AvgIpc) is 2.37. The van der Waals surface area contributed by atoms with Crippen LogP contribution < -0.4 is 5.32 Å². The Morgan fingerprint density at radius 3 is 2.67 bits per heavy atom. The van der Waals surface area contributed by atoms with E-state index in [1.165, 1.54) is 12.1 Å². The molecule has 0 bridgehead atoms. The Bertz CT molecular complexity index is 477. The third-order valence-corrected chi connectivity index (χ3v) is 3.39. The Hall–Kier alpha value is -1.46. The maximum atomic E-state index is 13.0. The Morgan fingerprint density at radius 2 is 2.10 bits per heavy atom. The van der Waals surface area contributed by atoms with Gasteiger partial charge in [-0.15, -0.1) is 0 Å². The van der Waals surface area contributed by atoms with Crippen LogP contribution in [-0.4, -0.2) is 42.6 Å². The molecule has 0 aliphatic rings. The summed E-state index contributed by atoms with van der Waals surface area (Å²) in [6.07, 6.45) is -0.670. The molecule has 0 aromatic heterocycles. The lowest BCUT2D eigenvalue weighted by molar-refractivity contribution is -0.124. The topological polar surface area (TPSA) is 52.6 Å². The first kappa shape index (κ1) is 17.6. The Balaban J connectivity index is 2.43. The van der Waals surface area contributed by atoms with Gasteiger partial charge in [0, 0.05) is 25.6 Å². The van der Waals surface area contributed by atoms with Crippen LogP contribution in [0, 0.1) is 18.7 Å². The molecule has 1 unspecified atom stereocenters. The summed E-state index contributed by atoms with van der Waals surface area (Å²) in [4.78, 5) is 13.4. The largest absolute Gasteiger partial charge is 0.387 e. The lowest BCUT2D eigenvalue weighted by Gasteiger charge is -2.22. The normalized spacial score (nSPS) is 12.8. The zero-order chi connectivity index (χ0) is 16.0. The molecule has 1 aromatic rings. The fourth-order valence-electron chi connectivity index (χ4n) is 2.07. The maximum absolute atomic E-state index is 13.0. The number of aliphatic hydroxyl groups is 1. The lowest BCUT2D eigenvalue weighted by atomic mass is 10.0. The maximum Gasteiger partial charge on any atom is 0.222 e. The minimum Gasteiger partial charge on any atom is -0.387 e. The molecule has 5 heteroatoms. The van der Waals surface area contributed by atoms with Crippen LogP contribution in [0.5, 0.6) is 0 Å². The van der Waals surface area contributed by atoms with E-state index in [2.05, 4.69) is 5.32 Å². The first-order valence-corrected chi connectivity index (χ1v) is 7.21. The summed E-state index contributed by atoms with van der Waals surface area (Å²) < 4.78 is 13.0. The highest BCUT2D eigenvalue weighted by Gasteiger charge is 2.14. The van der Waals surface area contributed by atoms with E-state index in [1.807, 2.05) is 25.8 Å². The van der Waals surface area contributed by atoms with Crippen LogP contribution in [0.3, 0.4) is 0 Å². The van der Waals surface area contributed by atoms with Crippen LogP contribution in [-0.2, 0) is 4.79 Å². The molecule has 1 amide bonds. The number of hydrogen-bond acceptors (Lipinski definition) is 3. The third-order valence-electron chi connectivity index (χ3n) is 3.39. The molecule has 1 aromatic carbocycles. The van der Waals surface area contributed by atoms with Gasteiger partial charge in [-0.05, 0) is 37.2 Å². The highest BCUT2D eigenvalue weighted by Crippen LogP contribution is 2.19. The highest BCUT2D eigenvalue weighted by atomic mass is 19.1. The second-order valence-corrected chi connectivity index (χ2v) is 5.72. The Kier molecular flexibility index (Phi) is 6.78. The van der Waals surface area contributed by atoms with Crippen molar-refractivity contribution in [1.82, 2.24) is 10.2 Å². The molecular weight excluding hydrogens is 271 g/mol. The van der Waals surface area contributed by atoms with E-state index < -0.39 is 6.10 Å². The molecule has 0 aliphatic carbocycles. The third kappa shape index (κ3) is 5.81. The van der Waals surface area contributed by atoms with Crippen molar-refractivity contribution in [2.75, 3.05) is 26.7 Å². The van der Waals surface area contributed by atoms with Crippen LogP contribution in [0.4, 0.5) is 4.39 Å². The number of benzene rings is 1. The van der Waals surface area contributed by atoms with Crippen LogP contribution in [0.15, 0.2) is 18.2 Å². The minimum atomic E-state index is -0.670. The molecule has 0 saturated carbocycles. The van der Waals surface area contributed by atoms with E-state index in [4.69, 9.17) is 0 Å². The van der Waals surface area contributed by atoms with Gasteiger partial charge in [0.1, 0.15) is 5.82 Å². The molecule has 2 N–H and O–H groups in total. The number of rotatable bonds is 7. The van der Waals surface area contributed by atoms with Gasteiger partial charge >= 0.3 is 0 Å². The summed E-state index contributed by atoms with van der Waals surface area (Å²) in [6, 6.07) is 4.39. The molecule has 4 nitrogen and oxygen atoms in total. The molecule has 0 radical (unpaired) electrons. The van der Waals surface area contributed by atoms with E-state index in [0.29, 0.717) is 19.6 Å². The Labute approximate surface area is 126 Å². The second-order valence-electron chi connectivity index (χ2n) is 5.72. The molecule has 1 rings (SSSR count). The lowest BCUT2D eigenvalue weighted by Crippen LogP contribution is -2.36. The number of carbonyl (C=O) groups excluding carboxylic acids is 1. The van der Waals surface area contributed by atoms with E-state index >= 15 is 0 Å². The van der Waals surface area contributed by atoms with E-state index in [-0.39, 0.29) is 17.6 Å². The Morgan fingerprint density at radius 1 is 1.43 bits per heavy atom. The molecule has 0 spiro atoms. The molecule has 1 atom stereocenters. The predicted octanol–water partition coefficient (Wildman–Crippen LogP) is 1.87. The van der Waals surface area contributed by atoms with Crippen molar-refractivity contribution in [2.24, 2.45) is 5.92 Å². The zero-order valence-corrected chi connectivity index (χ0v) is 13.2. The monoisotopic (exact) mass is 296 g/mol. The van der Waals surface area contributed by atoms with Crippen molar-refractivity contribution in [3.05, 3.63) is 35.1 Å². The molecule has 0 aliphatic heterocycles. The summed E-state index contributed by atoms with van der Waals surface area (Å²) in [7, 11) is 1.88. The van der Waals surface area contributed by atoms with Gasteiger partial charge in [0.25, 0.3) is 0 Å². The van der Waals surface area contributed by atoms with Crippen molar-refractivity contribution in [3.8, 4) is 0 Å². The van der Waals surface area contributed by atoms with Gasteiger partial charge in [-0.1, -0.05) is 19.9 Å². The number of hydrogen-bond donors (Lipinski definition) is 2. The van der Waals surface area contributed by atoms with Crippen LogP contribution in [0.2, 0.25) is 0 Å². The quantitative estimate of drug-likeness (QED) is 0.807. The van der Waals surface area contributed by atoms with Gasteiger partial charge in [-0.25, -0.2) is 4.39 Å². The summed E-state index contributed by atoms with van der Waals surface area (Å²) in [5.41, 5.74) is 1.47. The number of halogens is 1. The van der Waals surface area contributed by atoms with Crippen molar-refractivity contribution in [1.29, 1.82) is 0 Å². The number of aliphatic hydroxyl groups excluding tert-OH is 1. The number of amides is 1. The van der Waals surface area contributed by atoms with E-state index in [0.717, 1.165) is 11.1 Å². The van der Waals surface area contributed by atoms with Crippen molar-refractivity contribution in [3.63, 3.8) is 0 Å². The molecule has 118 valence electrons. The molecular formula is C16H25FN2O2. The average molecular weight is 296 g/mol. The van der Waals surface area contributed by atoms with Crippen molar-refractivity contribution < 1.29 is 14.3 Å². The van der Waals surface area contributed by atoms with Crippen molar-refractivity contribution >= 4 is 5.91 Å². The van der Waals surface area contributed by atoms with Crippen LogP contribution in [0.25, 0.3) is 0 Å². The van der Waals surface area contributed by atoms with Crippen LogP contribution in [0.1, 0.15) is 31.1 Å². The van der Waals surface area contributed by atoms with Crippen molar-refractivity contribution in [2.45, 2.75) is 26.9 Å². The molecule has 0 heterocycles. The van der Waals surface area contributed by atoms with Crippen LogP contribution >= 0.6 is 0 Å². The molecule has 21 heavy (non-hydrogen) atoms. The smallest absolute Gasteiger partial charge is 0.222 e. The number of aryl methyl sites for hydroxylation is 1. The summed E-state index contributed by atoms with van der Waals surface area (Å²) in [5.74, 6) is -0.297. The van der Waals surface area contributed by atoms with E-state index in [1.54, 1.807) is 13.0 Å². The fourth-order valence-corrected chi connectivity index (χ4v) is 2.07. The van der Waals surface area contributed by atoms with Gasteiger partial charge in [0.15, 0.2) is 0 Å². The summed E-state index contributed by atoms with van der Waals surface area (Å²) >= 11 is 0. The minimum absolute atomic E-state index is 0.0252. The number of likely N-dealkylation sites (N-methyl/N-ethyl adjacent to an activating group) is 1. The summed E-state index contributed by atoms with van der Waals surface area (Å²) in [6.45, 7) is 7.10. The number of nitrogens with zero attached hydrogens (tertiary/aromatic N) is 1. The predicted molar refractivity (Wildman–Crippen MR) is 81.4 cm³/mol.